The summed E-state index contributed by atoms with van der Waals surface area (Å²) in [6, 6.07) is 11.5. The number of halogens is 19. The fourth-order valence-electron chi connectivity index (χ4n) is 1.49. The Kier molecular flexibility index (Phi) is 15.5. The van der Waals surface area contributed by atoms with Crippen LogP contribution >= 0.6 is 23.2 Å². The van der Waals surface area contributed by atoms with Crippen LogP contribution in [-0.4, -0.2) is 29.0 Å². The van der Waals surface area contributed by atoms with Crippen LogP contribution in [0.4, 0.5) is 69.1 Å². The van der Waals surface area contributed by atoms with Gasteiger partial charge in [-0.25, -0.2) is 0 Å². The van der Waals surface area contributed by atoms with Crippen LogP contribution in [0.15, 0.2) is 36.4 Å². The Hall–Kier alpha value is -1.31. The Morgan fingerprint density at radius 3 is 0.917 bits per heavy atom. The number of benzene rings is 2. The van der Waals surface area contributed by atoms with Gasteiger partial charge in [0.2, 0.25) is 7.14 Å². The van der Waals surface area contributed by atoms with Crippen LogP contribution in [0.25, 0.3) is 0 Å². The molecule has 0 spiro atoms. The average molecular weight is 711 g/mol. The zero-order valence-corrected chi connectivity index (χ0v) is 20.0. The highest BCUT2D eigenvalue weighted by Crippen LogP contribution is 2.27. The summed E-state index contributed by atoms with van der Waals surface area (Å²) < 4.78 is 164. The Morgan fingerprint density at radius 1 is 0.472 bits per heavy atom. The second kappa shape index (κ2) is 15.2. The molecule has 0 amide bonds. The van der Waals surface area contributed by atoms with Gasteiger partial charge in [0.1, 0.15) is 0 Å². The number of hydrogen-bond donors (Lipinski definition) is 0. The third-order valence-corrected chi connectivity index (χ3v) is 5.53. The van der Waals surface area contributed by atoms with E-state index in [0.717, 1.165) is 21.5 Å². The van der Waals surface area contributed by atoms with Crippen molar-refractivity contribution in [1.29, 1.82) is 0 Å². The van der Waals surface area contributed by atoms with Crippen molar-refractivity contribution >= 4 is 52.2 Å². The van der Waals surface area contributed by atoms with Crippen LogP contribution in [0.5, 0.6) is 11.5 Å². The lowest BCUT2D eigenvalue weighted by molar-refractivity contribution is -0.602. The highest BCUT2D eigenvalue weighted by Gasteiger charge is 2.31. The summed E-state index contributed by atoms with van der Waals surface area (Å²) in [6.45, 7) is 0. The predicted octanol–water partition coefficient (Wildman–Crippen LogP) is 6.43. The monoisotopic (exact) mass is 711 g/mol. The van der Waals surface area contributed by atoms with Crippen molar-refractivity contribution in [2.75, 3.05) is 0 Å². The number of rotatable bonds is 0. The molecule has 1 nitrogen and oxygen atoms in total. The highest BCUT2D eigenvalue weighted by molar-refractivity contribution is 6.51. The Morgan fingerprint density at radius 2 is 0.694 bits per heavy atom. The van der Waals surface area contributed by atoms with E-state index in [-0.39, 0.29) is 21.2 Å². The van der Waals surface area contributed by atoms with Gasteiger partial charge >= 0.3 is 50.2 Å². The molecule has 0 saturated carbocycles. The maximum Gasteiger partial charge on any atom is 0.673 e. The quantitative estimate of drug-likeness (QED) is 0.149. The molecule has 0 radical (unpaired) electrons. The van der Waals surface area contributed by atoms with Gasteiger partial charge in [-0.2, -0.15) is 0 Å². The summed E-state index contributed by atoms with van der Waals surface area (Å²) in [4.78, 5) is 0. The molecule has 1 aliphatic heterocycles. The van der Waals surface area contributed by atoms with Crippen LogP contribution in [0.2, 0.25) is 10.0 Å². The van der Waals surface area contributed by atoms with E-state index in [2.05, 4.69) is 0 Å². The van der Waals surface area contributed by atoms with Crippen LogP contribution in [0.3, 0.4) is 0 Å². The summed E-state index contributed by atoms with van der Waals surface area (Å²) >= 11 is 11.7. The van der Waals surface area contributed by atoms with Gasteiger partial charge < -0.3 is 73.8 Å². The van der Waals surface area contributed by atoms with Crippen LogP contribution in [0, 0.1) is 7.14 Å². The zero-order chi connectivity index (χ0) is 29.1. The molecule has 0 unspecified atom stereocenters. The van der Waals surface area contributed by atoms with Crippen molar-refractivity contribution in [3.8, 4) is 11.5 Å². The Labute approximate surface area is 212 Å². The maximum absolute atomic E-state index is 9.75. The number of fused-ring (bicyclic) bond motifs is 2. The summed E-state index contributed by atoms with van der Waals surface area (Å²) in [5.74, 6) is 1.85. The minimum Gasteiger partial charge on any atom is -0.448 e. The lowest BCUT2D eigenvalue weighted by atomic mass is 10.3. The summed E-state index contributed by atoms with van der Waals surface area (Å²) in [6.07, 6.45) is 0. The van der Waals surface area contributed by atoms with Crippen molar-refractivity contribution < 1.29 is 95.0 Å². The SMILES string of the molecule is Clc1ccc2c(c1)[I+]c1cc(Cl)ccc1O2.F[B-](F)(F)F.F[B-](F)(F)F.F[B-](F)(F)F.F[B-](F)(F)F. The second-order valence-corrected chi connectivity index (χ2v) is 9.06. The molecule has 2 aromatic rings. The minimum absolute atomic E-state index is 0.252. The first kappa shape index (κ1) is 36.8. The lowest BCUT2D eigenvalue weighted by Gasteiger charge is -2.10. The Bertz CT molecular complexity index is 816. The normalized spacial score (nSPS) is 12.3. The molecular formula is C12H6B4Cl2F16IO-3. The van der Waals surface area contributed by atoms with E-state index in [1.54, 1.807) is 0 Å². The molecule has 0 saturated heterocycles. The van der Waals surface area contributed by atoms with E-state index in [9.17, 15) is 69.1 Å². The second-order valence-electron chi connectivity index (χ2n) is 5.33. The molecule has 2 aromatic carbocycles. The van der Waals surface area contributed by atoms with Gasteiger partial charge in [0.15, 0.2) is 11.5 Å². The van der Waals surface area contributed by atoms with E-state index in [1.807, 2.05) is 36.4 Å². The third kappa shape index (κ3) is 30.7. The molecule has 24 heteroatoms. The fraction of sp³-hybridized carbons (Fsp3) is 0. The number of ether oxygens (including phenoxy) is 1. The molecule has 0 aromatic heterocycles. The molecule has 0 aliphatic carbocycles. The molecule has 0 bridgehead atoms. The van der Waals surface area contributed by atoms with E-state index >= 15 is 0 Å². The first-order chi connectivity index (χ1) is 15.7. The molecule has 36 heavy (non-hydrogen) atoms. The van der Waals surface area contributed by atoms with Gasteiger partial charge in [-0.15, -0.1) is 0 Å². The topological polar surface area (TPSA) is 9.23 Å². The van der Waals surface area contributed by atoms with Gasteiger partial charge in [0.05, 0.1) is 0 Å². The maximum atomic E-state index is 9.75. The summed E-state index contributed by atoms with van der Waals surface area (Å²) in [7, 11) is -24.0. The average Bonchev–Trinajstić information content (AvgIpc) is 2.54. The largest absolute Gasteiger partial charge is 0.673 e. The van der Waals surface area contributed by atoms with Crippen molar-refractivity contribution in [3.05, 3.63) is 53.6 Å². The van der Waals surface area contributed by atoms with Crippen molar-refractivity contribution in [2.24, 2.45) is 0 Å². The van der Waals surface area contributed by atoms with Crippen LogP contribution in [-0.2, 0) is 0 Å². The van der Waals surface area contributed by atoms with E-state index in [0.29, 0.717) is 0 Å². The first-order valence-electron chi connectivity index (χ1n) is 8.13. The highest BCUT2D eigenvalue weighted by atomic mass is 127. The van der Waals surface area contributed by atoms with Crippen molar-refractivity contribution in [1.82, 2.24) is 0 Å². The van der Waals surface area contributed by atoms with Gasteiger partial charge in [-0.1, -0.05) is 23.2 Å². The molecule has 1 heterocycles. The third-order valence-electron chi connectivity index (χ3n) is 2.21. The minimum atomic E-state index is -6.00. The fourth-order valence-corrected chi connectivity index (χ4v) is 4.92. The smallest absolute Gasteiger partial charge is 0.448 e. The van der Waals surface area contributed by atoms with Crippen LogP contribution in [0.1, 0.15) is 0 Å². The summed E-state index contributed by atoms with van der Waals surface area (Å²) in [5, 5.41) is 1.51. The molecular weight excluding hydrogens is 705 g/mol. The predicted molar refractivity (Wildman–Crippen MR) is 101 cm³/mol. The van der Waals surface area contributed by atoms with Crippen LogP contribution < -0.4 is 25.9 Å². The lowest BCUT2D eigenvalue weighted by Crippen LogP contribution is -3.61. The molecule has 0 fully saturated rings. The van der Waals surface area contributed by atoms with Gasteiger partial charge in [-0.3, -0.25) is 0 Å². The van der Waals surface area contributed by atoms with E-state index in [1.165, 1.54) is 7.14 Å². The standard InChI is InChI=1S/C12H6Cl2IO.4BF4/c13-7-1-3-11-9(5-7)15-10-6-8(14)2-4-12(10)16-11;4*2-1(3,4)5/h1-6H;;;;/q+1;4*-1. The van der Waals surface area contributed by atoms with Gasteiger partial charge in [-0.05, 0) is 24.3 Å². The van der Waals surface area contributed by atoms with Gasteiger partial charge in [0.25, 0.3) is 0 Å². The van der Waals surface area contributed by atoms with E-state index < -0.39 is 29.0 Å². The zero-order valence-electron chi connectivity index (χ0n) is 16.4. The molecule has 0 N–H and O–H groups in total. The van der Waals surface area contributed by atoms with Gasteiger partial charge in [0, 0.05) is 22.2 Å². The molecule has 3 rings (SSSR count). The first-order valence-corrected chi connectivity index (χ1v) is 11.0. The Balaban J connectivity index is 0. The molecule has 208 valence electrons. The summed E-state index contributed by atoms with van der Waals surface area (Å²) in [5.41, 5.74) is 0. The number of hydrogen-bond acceptors (Lipinski definition) is 1. The molecule has 0 atom stereocenters. The van der Waals surface area contributed by atoms with Crippen molar-refractivity contribution in [2.45, 2.75) is 0 Å². The van der Waals surface area contributed by atoms with E-state index in [4.69, 9.17) is 27.9 Å². The molecule has 1 aliphatic rings. The van der Waals surface area contributed by atoms with Crippen molar-refractivity contribution in [3.63, 3.8) is 0 Å².